The Kier molecular flexibility index (Phi) is 3.78. The average Bonchev–Trinajstić information content (AvgIpc) is 2.14. The Bertz CT molecular complexity index is 293. The van der Waals surface area contributed by atoms with E-state index in [1.807, 2.05) is 0 Å². The Hall–Kier alpha value is -0.750. The Morgan fingerprint density at radius 3 is 2.18 bits per heavy atom. The van der Waals surface area contributed by atoms with Crippen molar-refractivity contribution in [1.82, 2.24) is 9.80 Å². The first-order valence-electron chi connectivity index (χ1n) is 5.56. The highest BCUT2D eigenvalue weighted by Crippen LogP contribution is 2.31. The maximum absolute atomic E-state index is 13.0. The van der Waals surface area contributed by atoms with Gasteiger partial charge in [-0.3, -0.25) is 4.90 Å². The van der Waals surface area contributed by atoms with Gasteiger partial charge >= 0.3 is 6.18 Å². The van der Waals surface area contributed by atoms with Gasteiger partial charge in [0, 0.05) is 25.3 Å². The maximum atomic E-state index is 13.0. The summed E-state index contributed by atoms with van der Waals surface area (Å²) in [7, 11) is 0. The lowest BCUT2D eigenvalue weighted by atomic mass is 10.1. The van der Waals surface area contributed by atoms with E-state index >= 15 is 0 Å². The van der Waals surface area contributed by atoms with E-state index in [2.05, 4.69) is 6.58 Å². The molecule has 1 aliphatic rings. The van der Waals surface area contributed by atoms with E-state index in [0.29, 0.717) is 18.8 Å². The van der Waals surface area contributed by atoms with Crippen LogP contribution in [0.5, 0.6) is 0 Å². The first kappa shape index (κ1) is 14.3. The predicted molar refractivity (Wildman–Crippen MR) is 61.2 cm³/mol. The highest BCUT2D eigenvalue weighted by atomic mass is 19.4. The van der Waals surface area contributed by atoms with E-state index in [-0.39, 0.29) is 6.54 Å². The number of allylic oxidation sites excluding steroid dienone is 1. The van der Waals surface area contributed by atoms with Gasteiger partial charge in [-0.2, -0.15) is 13.2 Å². The van der Waals surface area contributed by atoms with Gasteiger partial charge in [0.15, 0.2) is 0 Å². The molecule has 2 N–H and O–H groups in total. The molecular formula is C11H20F3N3. The first-order chi connectivity index (χ1) is 7.53. The van der Waals surface area contributed by atoms with Crippen LogP contribution in [0.25, 0.3) is 0 Å². The minimum absolute atomic E-state index is 0.0978. The minimum atomic E-state index is -4.27. The van der Waals surface area contributed by atoms with Crippen LogP contribution >= 0.6 is 0 Å². The molecule has 0 aromatic heterocycles. The van der Waals surface area contributed by atoms with Crippen LogP contribution < -0.4 is 5.73 Å². The molecule has 100 valence electrons. The van der Waals surface area contributed by atoms with E-state index in [1.54, 1.807) is 25.7 Å². The first-order valence-corrected chi connectivity index (χ1v) is 5.56. The standard InChI is InChI=1S/C11H20F3N3/c1-8(2)16-5-6-17(10(3,4)15)9(7-16)11(12,13)14/h9H,1,5-7,15H2,2-4H3. The summed E-state index contributed by atoms with van der Waals surface area (Å²) in [4.78, 5) is 2.97. The summed E-state index contributed by atoms with van der Waals surface area (Å²) in [5.74, 6) is 0. The van der Waals surface area contributed by atoms with Gasteiger partial charge in [0.05, 0.1) is 5.66 Å². The summed E-state index contributed by atoms with van der Waals surface area (Å²) in [5.41, 5.74) is 5.49. The van der Waals surface area contributed by atoms with Crippen LogP contribution in [0.2, 0.25) is 0 Å². The van der Waals surface area contributed by atoms with E-state index in [4.69, 9.17) is 5.73 Å². The normalized spacial score (nSPS) is 23.9. The average molecular weight is 251 g/mol. The zero-order chi connectivity index (χ0) is 13.4. The molecule has 0 aromatic rings. The van der Waals surface area contributed by atoms with Crippen LogP contribution in [-0.2, 0) is 0 Å². The van der Waals surface area contributed by atoms with Crippen molar-refractivity contribution in [3.05, 3.63) is 12.3 Å². The molecular weight excluding hydrogens is 231 g/mol. The summed E-state index contributed by atoms with van der Waals surface area (Å²) in [6.45, 7) is 9.33. The van der Waals surface area contributed by atoms with E-state index < -0.39 is 17.9 Å². The van der Waals surface area contributed by atoms with Gasteiger partial charge in [-0.25, -0.2) is 0 Å². The molecule has 0 bridgehead atoms. The highest BCUT2D eigenvalue weighted by Gasteiger charge is 2.49. The number of nitrogens with zero attached hydrogens (tertiary/aromatic N) is 2. The molecule has 1 saturated heterocycles. The molecule has 0 saturated carbocycles. The van der Waals surface area contributed by atoms with Crippen molar-refractivity contribution >= 4 is 0 Å². The lowest BCUT2D eigenvalue weighted by molar-refractivity contribution is -0.209. The third-order valence-electron chi connectivity index (χ3n) is 3.04. The Labute approximate surface area is 100 Å². The van der Waals surface area contributed by atoms with Crippen molar-refractivity contribution in [3.8, 4) is 0 Å². The molecule has 0 spiro atoms. The number of alkyl halides is 3. The molecule has 1 fully saturated rings. The molecule has 0 aliphatic carbocycles. The molecule has 17 heavy (non-hydrogen) atoms. The second kappa shape index (κ2) is 4.49. The summed E-state index contributed by atoms with van der Waals surface area (Å²) in [5, 5.41) is 0. The van der Waals surface area contributed by atoms with E-state index in [9.17, 15) is 13.2 Å². The van der Waals surface area contributed by atoms with Gasteiger partial charge in [0.2, 0.25) is 0 Å². The smallest absolute Gasteiger partial charge is 0.372 e. The van der Waals surface area contributed by atoms with Crippen LogP contribution in [0.3, 0.4) is 0 Å². The van der Waals surface area contributed by atoms with Gasteiger partial charge in [-0.15, -0.1) is 0 Å². The third kappa shape index (κ3) is 3.35. The molecule has 1 heterocycles. The van der Waals surface area contributed by atoms with Crippen LogP contribution in [0.4, 0.5) is 13.2 Å². The topological polar surface area (TPSA) is 32.5 Å². The molecule has 3 nitrogen and oxygen atoms in total. The van der Waals surface area contributed by atoms with Crippen molar-refractivity contribution < 1.29 is 13.2 Å². The monoisotopic (exact) mass is 251 g/mol. The largest absolute Gasteiger partial charge is 0.405 e. The zero-order valence-corrected chi connectivity index (χ0v) is 10.5. The summed E-state index contributed by atoms with van der Waals surface area (Å²) in [6, 6.07) is -1.53. The summed E-state index contributed by atoms with van der Waals surface area (Å²) < 4.78 is 39.0. The molecule has 1 aliphatic heterocycles. The second-order valence-electron chi connectivity index (χ2n) is 5.09. The van der Waals surface area contributed by atoms with Gasteiger partial charge in [0.25, 0.3) is 0 Å². The van der Waals surface area contributed by atoms with Crippen molar-refractivity contribution in [2.24, 2.45) is 5.73 Å². The summed E-state index contributed by atoms with van der Waals surface area (Å²) >= 11 is 0. The van der Waals surface area contributed by atoms with Gasteiger partial charge in [0.1, 0.15) is 6.04 Å². The van der Waals surface area contributed by atoms with Crippen LogP contribution in [0.1, 0.15) is 20.8 Å². The maximum Gasteiger partial charge on any atom is 0.405 e. The Balaban J connectivity index is 2.92. The Morgan fingerprint density at radius 2 is 1.82 bits per heavy atom. The number of hydrogen-bond donors (Lipinski definition) is 1. The molecule has 1 rings (SSSR count). The van der Waals surface area contributed by atoms with E-state index in [1.165, 1.54) is 4.90 Å². The van der Waals surface area contributed by atoms with Gasteiger partial charge < -0.3 is 10.6 Å². The SMILES string of the molecule is C=C(C)N1CCN(C(C)(C)N)C(C(F)(F)F)C1. The highest BCUT2D eigenvalue weighted by molar-refractivity contribution is 4.99. The summed E-state index contributed by atoms with van der Waals surface area (Å²) in [6.07, 6.45) is -4.27. The molecule has 0 radical (unpaired) electrons. The van der Waals surface area contributed by atoms with Crippen LogP contribution in [0.15, 0.2) is 12.3 Å². The van der Waals surface area contributed by atoms with Crippen LogP contribution in [-0.4, -0.2) is 47.3 Å². The second-order valence-corrected chi connectivity index (χ2v) is 5.09. The van der Waals surface area contributed by atoms with Crippen molar-refractivity contribution in [2.45, 2.75) is 38.7 Å². The fourth-order valence-electron chi connectivity index (χ4n) is 2.10. The molecule has 0 amide bonds. The molecule has 0 aromatic carbocycles. The van der Waals surface area contributed by atoms with Crippen molar-refractivity contribution in [1.29, 1.82) is 0 Å². The number of halogens is 3. The van der Waals surface area contributed by atoms with Crippen molar-refractivity contribution in [3.63, 3.8) is 0 Å². The lowest BCUT2D eigenvalue weighted by Gasteiger charge is -2.48. The quantitative estimate of drug-likeness (QED) is 0.811. The fraction of sp³-hybridized carbons (Fsp3) is 0.818. The lowest BCUT2D eigenvalue weighted by Crippen LogP contribution is -2.67. The van der Waals surface area contributed by atoms with Gasteiger partial charge in [-0.05, 0) is 20.8 Å². The third-order valence-corrected chi connectivity index (χ3v) is 3.04. The predicted octanol–water partition coefficient (Wildman–Crippen LogP) is 1.76. The minimum Gasteiger partial charge on any atom is -0.372 e. The molecule has 6 heteroatoms. The fourth-order valence-corrected chi connectivity index (χ4v) is 2.10. The van der Waals surface area contributed by atoms with Crippen LogP contribution in [0, 0.1) is 0 Å². The number of hydrogen-bond acceptors (Lipinski definition) is 3. The molecule has 1 atom stereocenters. The number of nitrogens with two attached hydrogens (primary N) is 1. The van der Waals surface area contributed by atoms with Crippen molar-refractivity contribution in [2.75, 3.05) is 19.6 Å². The number of piperazine rings is 1. The zero-order valence-electron chi connectivity index (χ0n) is 10.5. The Morgan fingerprint density at radius 1 is 1.29 bits per heavy atom. The van der Waals surface area contributed by atoms with E-state index in [0.717, 1.165) is 0 Å². The van der Waals surface area contributed by atoms with Gasteiger partial charge in [-0.1, -0.05) is 6.58 Å². The molecule has 1 unspecified atom stereocenters. The number of rotatable bonds is 2.